The van der Waals surface area contributed by atoms with Crippen LogP contribution in [0, 0.1) is 5.92 Å². The zero-order valence-corrected chi connectivity index (χ0v) is 16.3. The van der Waals surface area contributed by atoms with Crippen LogP contribution in [0.25, 0.3) is 0 Å². The molecule has 1 fully saturated rings. The summed E-state index contributed by atoms with van der Waals surface area (Å²) >= 11 is 0. The molecule has 0 saturated carbocycles. The second kappa shape index (κ2) is 8.32. The van der Waals surface area contributed by atoms with E-state index in [2.05, 4.69) is 5.32 Å². The van der Waals surface area contributed by atoms with Crippen LogP contribution in [-0.4, -0.2) is 43.0 Å². The molecule has 1 amide bonds. The summed E-state index contributed by atoms with van der Waals surface area (Å²) < 4.78 is 26.8. The van der Waals surface area contributed by atoms with Gasteiger partial charge >= 0.3 is 0 Å². The molecule has 1 atom stereocenters. The van der Waals surface area contributed by atoms with Crippen molar-refractivity contribution in [2.45, 2.75) is 52.0 Å². The van der Waals surface area contributed by atoms with Gasteiger partial charge < -0.3 is 5.32 Å². The number of rotatable bonds is 6. The second-order valence-corrected chi connectivity index (χ2v) is 9.93. The Hall–Kier alpha value is -1.40. The second-order valence-electron chi connectivity index (χ2n) is 7.84. The maximum Gasteiger partial charge on any atom is 0.224 e. The van der Waals surface area contributed by atoms with Gasteiger partial charge in [0.1, 0.15) is 0 Å². The molecule has 1 N–H and O–H groups in total. The molecule has 0 spiro atoms. The molecular weight excluding hydrogens is 336 g/mol. The van der Waals surface area contributed by atoms with E-state index in [-0.39, 0.29) is 23.1 Å². The lowest BCUT2D eigenvalue weighted by Crippen LogP contribution is -2.50. The van der Waals surface area contributed by atoms with E-state index in [9.17, 15) is 13.2 Å². The fourth-order valence-electron chi connectivity index (χ4n) is 3.11. The number of carbonyl (C=O) groups is 1. The number of amides is 1. The molecule has 1 aliphatic heterocycles. The predicted molar refractivity (Wildman–Crippen MR) is 101 cm³/mol. The van der Waals surface area contributed by atoms with Gasteiger partial charge in [-0.05, 0) is 52.0 Å². The monoisotopic (exact) mass is 366 g/mol. The van der Waals surface area contributed by atoms with Crippen molar-refractivity contribution in [1.29, 1.82) is 0 Å². The number of sulfonamides is 1. The fraction of sp³-hybridized carbons (Fsp3) is 0.632. The van der Waals surface area contributed by atoms with Crippen molar-refractivity contribution in [2.75, 3.05) is 18.8 Å². The summed E-state index contributed by atoms with van der Waals surface area (Å²) in [6.45, 7) is 6.63. The molecule has 1 saturated heterocycles. The van der Waals surface area contributed by atoms with Crippen LogP contribution in [0.2, 0.25) is 0 Å². The summed E-state index contributed by atoms with van der Waals surface area (Å²) in [5.74, 6) is -0.163. The Balaban J connectivity index is 1.89. The normalized spacial score (nSPS) is 19.6. The molecule has 0 aromatic heterocycles. The lowest BCUT2D eigenvalue weighted by molar-refractivity contribution is -0.127. The van der Waals surface area contributed by atoms with Gasteiger partial charge in [-0.2, -0.15) is 0 Å². The van der Waals surface area contributed by atoms with Crippen LogP contribution in [0.4, 0.5) is 0 Å². The Kier molecular flexibility index (Phi) is 6.63. The van der Waals surface area contributed by atoms with Crippen molar-refractivity contribution in [1.82, 2.24) is 9.62 Å². The minimum absolute atomic E-state index is 0.0447. The zero-order valence-electron chi connectivity index (χ0n) is 15.5. The van der Waals surface area contributed by atoms with Crippen LogP contribution in [0.3, 0.4) is 0 Å². The van der Waals surface area contributed by atoms with Gasteiger partial charge in [-0.25, -0.2) is 12.7 Å². The molecule has 0 unspecified atom stereocenters. The Bertz CT molecular complexity index is 666. The minimum atomic E-state index is -3.31. The average molecular weight is 367 g/mol. The number of carbonyl (C=O) groups excluding carboxylic acids is 1. The fourth-order valence-corrected chi connectivity index (χ4v) is 4.69. The molecule has 0 radical (unpaired) electrons. The van der Waals surface area contributed by atoms with Gasteiger partial charge in [0.2, 0.25) is 15.9 Å². The quantitative estimate of drug-likeness (QED) is 0.841. The zero-order chi connectivity index (χ0) is 18.5. The number of piperidine rings is 1. The molecule has 1 aromatic rings. The Morgan fingerprint density at radius 2 is 1.92 bits per heavy atom. The highest BCUT2D eigenvalue weighted by atomic mass is 32.2. The first-order valence-electron chi connectivity index (χ1n) is 9.01. The summed E-state index contributed by atoms with van der Waals surface area (Å²) in [5.41, 5.74) is 0.854. The van der Waals surface area contributed by atoms with Crippen LogP contribution in [0.5, 0.6) is 0 Å². The first-order chi connectivity index (χ1) is 11.7. The van der Waals surface area contributed by atoms with Crippen molar-refractivity contribution < 1.29 is 13.2 Å². The maximum absolute atomic E-state index is 12.6. The summed E-state index contributed by atoms with van der Waals surface area (Å²) in [5, 5.41) is 2.97. The van der Waals surface area contributed by atoms with E-state index in [1.807, 2.05) is 51.1 Å². The molecule has 1 aromatic carbocycles. The third-order valence-electron chi connectivity index (χ3n) is 4.36. The molecule has 25 heavy (non-hydrogen) atoms. The highest BCUT2D eigenvalue weighted by Gasteiger charge is 2.33. The van der Waals surface area contributed by atoms with Gasteiger partial charge in [-0.15, -0.1) is 0 Å². The third kappa shape index (κ3) is 6.44. The summed E-state index contributed by atoms with van der Waals surface area (Å²) in [6, 6.07) is 9.91. The largest absolute Gasteiger partial charge is 0.351 e. The molecule has 0 aliphatic carbocycles. The van der Waals surface area contributed by atoms with Crippen LogP contribution in [0.1, 0.15) is 45.6 Å². The van der Waals surface area contributed by atoms with Crippen molar-refractivity contribution in [2.24, 2.45) is 5.92 Å². The third-order valence-corrected chi connectivity index (χ3v) is 6.28. The molecule has 0 bridgehead atoms. The van der Waals surface area contributed by atoms with Gasteiger partial charge in [-0.3, -0.25) is 4.79 Å². The van der Waals surface area contributed by atoms with Crippen molar-refractivity contribution >= 4 is 15.9 Å². The number of hydrogen-bond acceptors (Lipinski definition) is 3. The van der Waals surface area contributed by atoms with Crippen LogP contribution in [-0.2, 0) is 21.2 Å². The van der Waals surface area contributed by atoms with Gasteiger partial charge in [0.25, 0.3) is 0 Å². The van der Waals surface area contributed by atoms with E-state index < -0.39 is 10.0 Å². The van der Waals surface area contributed by atoms with E-state index >= 15 is 0 Å². The topological polar surface area (TPSA) is 66.5 Å². The van der Waals surface area contributed by atoms with E-state index in [0.717, 1.165) is 24.8 Å². The highest BCUT2D eigenvalue weighted by molar-refractivity contribution is 7.89. The van der Waals surface area contributed by atoms with Gasteiger partial charge in [0.05, 0.1) is 11.7 Å². The molecular formula is C19H30N2O3S. The van der Waals surface area contributed by atoms with Gasteiger partial charge in [-0.1, -0.05) is 30.3 Å². The van der Waals surface area contributed by atoms with Crippen molar-refractivity contribution in [3.63, 3.8) is 0 Å². The Labute approximate surface area is 151 Å². The summed E-state index contributed by atoms with van der Waals surface area (Å²) in [4.78, 5) is 12.4. The van der Waals surface area contributed by atoms with E-state index in [0.29, 0.717) is 19.5 Å². The first kappa shape index (κ1) is 19.9. The minimum Gasteiger partial charge on any atom is -0.351 e. The number of nitrogens with one attached hydrogen (secondary N) is 1. The molecule has 140 valence electrons. The van der Waals surface area contributed by atoms with E-state index in [1.165, 1.54) is 4.31 Å². The van der Waals surface area contributed by atoms with E-state index in [4.69, 9.17) is 0 Å². The number of aryl methyl sites for hydroxylation is 1. The summed E-state index contributed by atoms with van der Waals surface area (Å²) in [7, 11) is -3.31. The average Bonchev–Trinajstić information content (AvgIpc) is 2.54. The van der Waals surface area contributed by atoms with Gasteiger partial charge in [0.15, 0.2) is 0 Å². The van der Waals surface area contributed by atoms with Crippen LogP contribution < -0.4 is 5.32 Å². The Morgan fingerprint density at radius 1 is 1.24 bits per heavy atom. The Morgan fingerprint density at radius 3 is 2.56 bits per heavy atom. The lowest BCUT2D eigenvalue weighted by Gasteiger charge is -2.33. The van der Waals surface area contributed by atoms with Crippen LogP contribution >= 0.6 is 0 Å². The number of nitrogens with zero attached hydrogens (tertiary/aromatic N) is 1. The SMILES string of the molecule is CC(C)(C)NC(=O)[C@@H]1CCCN(S(=O)(=O)CCCc2ccccc2)C1. The molecule has 6 heteroatoms. The number of hydrogen-bond donors (Lipinski definition) is 1. The predicted octanol–water partition coefficient (Wildman–Crippen LogP) is 2.58. The van der Waals surface area contributed by atoms with Crippen molar-refractivity contribution in [3.05, 3.63) is 35.9 Å². The standard InChI is InChI=1S/C19H30N2O3S/c1-19(2,3)20-18(22)17-12-7-13-21(15-17)25(23,24)14-8-11-16-9-5-4-6-10-16/h4-6,9-10,17H,7-8,11-15H2,1-3H3,(H,20,22)/t17-/m1/s1. The molecule has 1 heterocycles. The molecule has 2 rings (SSSR count). The smallest absolute Gasteiger partial charge is 0.224 e. The number of benzene rings is 1. The highest BCUT2D eigenvalue weighted by Crippen LogP contribution is 2.21. The van der Waals surface area contributed by atoms with Gasteiger partial charge in [0, 0.05) is 18.6 Å². The van der Waals surface area contributed by atoms with Crippen LogP contribution in [0.15, 0.2) is 30.3 Å². The van der Waals surface area contributed by atoms with E-state index in [1.54, 1.807) is 0 Å². The molecule has 5 nitrogen and oxygen atoms in total. The van der Waals surface area contributed by atoms with Crippen molar-refractivity contribution in [3.8, 4) is 0 Å². The molecule has 1 aliphatic rings. The lowest BCUT2D eigenvalue weighted by atomic mass is 9.97. The first-order valence-corrected chi connectivity index (χ1v) is 10.6. The maximum atomic E-state index is 12.6. The summed E-state index contributed by atoms with van der Waals surface area (Å²) in [6.07, 6.45) is 2.83.